The van der Waals surface area contributed by atoms with E-state index in [1.165, 1.54) is 19.2 Å². The van der Waals surface area contributed by atoms with Crippen LogP contribution in [-0.4, -0.2) is 55.2 Å². The molecule has 2 aromatic carbocycles. The van der Waals surface area contributed by atoms with E-state index in [0.29, 0.717) is 11.1 Å². The first-order valence-corrected chi connectivity index (χ1v) is 10.4. The number of aliphatic carboxylic acids is 1. The molecule has 0 bridgehead atoms. The largest absolute Gasteiger partial charge is 0.480 e. The minimum atomic E-state index is -3.89. The lowest BCUT2D eigenvalue weighted by Crippen LogP contribution is -2.46. The molecule has 2 rings (SSSR count). The van der Waals surface area contributed by atoms with Gasteiger partial charge in [-0.3, -0.25) is 10.2 Å². The lowest BCUT2D eigenvalue weighted by Gasteiger charge is -2.19. The van der Waals surface area contributed by atoms with Gasteiger partial charge in [0, 0.05) is 19.0 Å². The summed E-state index contributed by atoms with van der Waals surface area (Å²) in [4.78, 5) is 23.9. The van der Waals surface area contributed by atoms with Gasteiger partial charge >= 0.3 is 5.97 Å². The van der Waals surface area contributed by atoms with Crippen molar-refractivity contribution in [3.05, 3.63) is 65.2 Å². The molecule has 2 aromatic rings. The molecule has 30 heavy (non-hydrogen) atoms. The van der Waals surface area contributed by atoms with E-state index in [1.807, 2.05) is 6.92 Å². The van der Waals surface area contributed by atoms with E-state index in [2.05, 4.69) is 5.32 Å². The first-order valence-electron chi connectivity index (χ1n) is 8.99. The summed E-state index contributed by atoms with van der Waals surface area (Å²) in [6.07, 6.45) is -0.00627. The quantitative estimate of drug-likeness (QED) is 0.338. The van der Waals surface area contributed by atoms with E-state index >= 15 is 0 Å². The Labute approximate surface area is 175 Å². The molecular formula is C20H24N4O5S. The van der Waals surface area contributed by atoms with Crippen molar-refractivity contribution < 1.29 is 23.1 Å². The van der Waals surface area contributed by atoms with Crippen LogP contribution in [0.15, 0.2) is 53.4 Å². The average molecular weight is 433 g/mol. The molecule has 0 aliphatic rings. The monoisotopic (exact) mass is 432 g/mol. The number of hydrogen-bond acceptors (Lipinski definition) is 5. The second kappa shape index (κ2) is 9.51. The molecule has 0 heterocycles. The van der Waals surface area contributed by atoms with Crippen molar-refractivity contribution in [3.63, 3.8) is 0 Å². The lowest BCUT2D eigenvalue weighted by atomic mass is 10.0. The third kappa shape index (κ3) is 5.88. The number of carbonyl (C=O) groups excluding carboxylic acids is 1. The van der Waals surface area contributed by atoms with Gasteiger partial charge in [0.05, 0.1) is 11.4 Å². The summed E-state index contributed by atoms with van der Waals surface area (Å²) in [5, 5.41) is 19.1. The summed E-state index contributed by atoms with van der Waals surface area (Å²) < 4.78 is 26.0. The number of hydrogen-bond donors (Lipinski definition) is 4. The predicted octanol–water partition coefficient (Wildman–Crippen LogP) is 0.712. The fraction of sp³-hybridized carbons (Fsp3) is 0.250. The highest BCUT2D eigenvalue weighted by Crippen LogP contribution is 2.15. The number of carboxylic acid groups (broad SMARTS) is 1. The van der Waals surface area contributed by atoms with Crippen LogP contribution in [0.2, 0.25) is 0 Å². The van der Waals surface area contributed by atoms with E-state index in [1.54, 1.807) is 36.4 Å². The summed E-state index contributed by atoms with van der Waals surface area (Å²) in [7, 11) is -2.63. The van der Waals surface area contributed by atoms with Crippen LogP contribution >= 0.6 is 0 Å². The summed E-state index contributed by atoms with van der Waals surface area (Å²) >= 11 is 0. The van der Waals surface area contributed by atoms with Crippen LogP contribution in [0.3, 0.4) is 0 Å². The number of nitrogen functional groups attached to an aromatic ring is 1. The molecule has 0 radical (unpaired) electrons. The number of nitrogens with one attached hydrogen (secondary N) is 2. The zero-order valence-corrected chi connectivity index (χ0v) is 17.4. The molecule has 0 saturated carbocycles. The molecule has 1 unspecified atom stereocenters. The van der Waals surface area contributed by atoms with E-state index < -0.39 is 34.5 Å². The molecule has 160 valence electrons. The lowest BCUT2D eigenvalue weighted by molar-refractivity contribution is -0.141. The Bertz CT molecular complexity index is 1030. The van der Waals surface area contributed by atoms with Crippen molar-refractivity contribution in [2.24, 2.45) is 5.73 Å². The van der Waals surface area contributed by atoms with Gasteiger partial charge in [-0.25, -0.2) is 13.2 Å². The van der Waals surface area contributed by atoms with Gasteiger partial charge in [-0.1, -0.05) is 42.0 Å². The van der Waals surface area contributed by atoms with Crippen molar-refractivity contribution in [1.82, 2.24) is 9.62 Å². The number of likely N-dealkylation sites (N-methyl/N-ethyl adjacent to an activating group) is 1. The van der Waals surface area contributed by atoms with Gasteiger partial charge in [-0.2, -0.15) is 4.31 Å². The summed E-state index contributed by atoms with van der Waals surface area (Å²) in [6.45, 7) is 1.30. The van der Waals surface area contributed by atoms with E-state index in [9.17, 15) is 23.1 Å². The Kier molecular flexibility index (Phi) is 7.30. The van der Waals surface area contributed by atoms with Crippen molar-refractivity contribution in [2.75, 3.05) is 13.6 Å². The van der Waals surface area contributed by atoms with Crippen LogP contribution in [0.25, 0.3) is 0 Å². The van der Waals surface area contributed by atoms with Crippen LogP contribution in [0.5, 0.6) is 0 Å². The van der Waals surface area contributed by atoms with Gasteiger partial charge in [0.2, 0.25) is 15.9 Å². The number of nitrogens with zero attached hydrogens (tertiary/aromatic N) is 1. The average Bonchev–Trinajstić information content (AvgIpc) is 2.68. The molecule has 1 amide bonds. The van der Waals surface area contributed by atoms with Crippen LogP contribution in [0.1, 0.15) is 16.7 Å². The highest BCUT2D eigenvalue weighted by molar-refractivity contribution is 7.89. The molecule has 0 aliphatic carbocycles. The zero-order chi connectivity index (χ0) is 22.5. The molecular weight excluding hydrogens is 408 g/mol. The summed E-state index contributed by atoms with van der Waals surface area (Å²) in [5.41, 5.74) is 7.40. The number of amidine groups is 1. The van der Waals surface area contributed by atoms with E-state index in [4.69, 9.17) is 11.1 Å². The minimum Gasteiger partial charge on any atom is -0.480 e. The molecule has 5 N–H and O–H groups in total. The van der Waals surface area contributed by atoms with Gasteiger partial charge < -0.3 is 16.2 Å². The number of aryl methyl sites for hydroxylation is 1. The fourth-order valence-electron chi connectivity index (χ4n) is 2.67. The standard InChI is InChI=1S/C20H24N4O5S/c1-13-3-9-16(10-4-13)30(28,29)24(2)12-18(25)23-17(20(26)27)11-14-5-7-15(8-6-14)19(21)22/h3-10,17H,11-12H2,1-2H3,(H3,21,22)(H,23,25)(H,26,27). The molecule has 0 aromatic heterocycles. The molecule has 0 saturated heterocycles. The van der Waals surface area contributed by atoms with Crippen molar-refractivity contribution in [3.8, 4) is 0 Å². The number of carbonyl (C=O) groups is 2. The number of nitrogens with two attached hydrogens (primary N) is 1. The number of amides is 1. The molecule has 0 fully saturated rings. The van der Waals surface area contributed by atoms with Crippen LogP contribution in [0.4, 0.5) is 0 Å². The highest BCUT2D eigenvalue weighted by atomic mass is 32.2. The van der Waals surface area contributed by atoms with Gasteiger partial charge in [0.1, 0.15) is 11.9 Å². The maximum Gasteiger partial charge on any atom is 0.326 e. The molecule has 0 aliphatic heterocycles. The smallest absolute Gasteiger partial charge is 0.326 e. The topological polar surface area (TPSA) is 154 Å². The predicted molar refractivity (Wildman–Crippen MR) is 112 cm³/mol. The van der Waals surface area contributed by atoms with Crippen LogP contribution < -0.4 is 11.1 Å². The Balaban J connectivity index is 2.04. The number of carboxylic acids is 1. The Morgan fingerprint density at radius 1 is 1.13 bits per heavy atom. The van der Waals surface area contributed by atoms with Crippen LogP contribution in [-0.2, 0) is 26.0 Å². The maximum atomic E-state index is 12.6. The minimum absolute atomic E-state index is 0.00627. The molecule has 10 heteroatoms. The normalized spacial score (nSPS) is 12.4. The SMILES string of the molecule is Cc1ccc(S(=O)(=O)N(C)CC(=O)NC(Cc2ccc(C(=N)N)cc2)C(=O)O)cc1. The second-order valence-electron chi connectivity index (χ2n) is 6.85. The Morgan fingerprint density at radius 2 is 1.70 bits per heavy atom. The molecule has 0 spiro atoms. The molecule has 1 atom stereocenters. The zero-order valence-electron chi connectivity index (χ0n) is 16.6. The van der Waals surface area contributed by atoms with Gasteiger partial charge in [-0.05, 0) is 24.6 Å². The van der Waals surface area contributed by atoms with E-state index in [0.717, 1.165) is 9.87 Å². The van der Waals surface area contributed by atoms with Gasteiger partial charge in [-0.15, -0.1) is 0 Å². The number of rotatable bonds is 9. The first-order chi connectivity index (χ1) is 14.0. The maximum absolute atomic E-state index is 12.6. The summed E-state index contributed by atoms with van der Waals surface area (Å²) in [6, 6.07) is 11.4. The van der Waals surface area contributed by atoms with Crippen molar-refractivity contribution in [2.45, 2.75) is 24.3 Å². The fourth-order valence-corrected chi connectivity index (χ4v) is 3.80. The third-order valence-corrected chi connectivity index (χ3v) is 6.25. The van der Waals surface area contributed by atoms with Gasteiger partial charge in [0.15, 0.2) is 0 Å². The Hall–Kier alpha value is -3.24. The van der Waals surface area contributed by atoms with Gasteiger partial charge in [0.25, 0.3) is 0 Å². The molecule has 9 nitrogen and oxygen atoms in total. The van der Waals surface area contributed by atoms with Crippen molar-refractivity contribution in [1.29, 1.82) is 5.41 Å². The number of benzene rings is 2. The van der Waals surface area contributed by atoms with E-state index in [-0.39, 0.29) is 17.2 Å². The third-order valence-electron chi connectivity index (χ3n) is 4.43. The highest BCUT2D eigenvalue weighted by Gasteiger charge is 2.26. The Morgan fingerprint density at radius 3 is 2.20 bits per heavy atom. The number of sulfonamides is 1. The van der Waals surface area contributed by atoms with Crippen molar-refractivity contribution >= 4 is 27.7 Å². The summed E-state index contributed by atoms with van der Waals surface area (Å²) in [5.74, 6) is -2.09. The second-order valence-corrected chi connectivity index (χ2v) is 8.89. The first kappa shape index (κ1) is 23.0. The van der Waals surface area contributed by atoms with Crippen LogP contribution in [0, 0.1) is 12.3 Å².